The fraction of sp³-hybridized carbons (Fsp3) is 0.882. The van der Waals surface area contributed by atoms with E-state index in [4.69, 9.17) is 10.5 Å². The number of carbonyl (C=O) groups excluding carboxylic acids is 2. The maximum atomic E-state index is 12.1. The Balaban J connectivity index is 2.66. The first-order valence-corrected chi connectivity index (χ1v) is 8.53. The van der Waals surface area contributed by atoms with Gasteiger partial charge < -0.3 is 20.5 Å². The van der Waals surface area contributed by atoms with Crippen molar-refractivity contribution in [1.29, 1.82) is 0 Å². The molecule has 6 heteroatoms. The molecule has 3 N–H and O–H groups in total. The molecule has 0 aliphatic heterocycles. The SMILES string of the molecule is COC(=O)C[C@@H](N)[C@H](CC1CCCCC1)NC(=O)OC(C)(C)C. The Morgan fingerprint density at radius 2 is 1.83 bits per heavy atom. The highest BCUT2D eigenvalue weighted by atomic mass is 16.6. The lowest BCUT2D eigenvalue weighted by Gasteiger charge is -2.31. The van der Waals surface area contributed by atoms with Crippen molar-refractivity contribution in [2.75, 3.05) is 7.11 Å². The number of amides is 1. The number of hydrogen-bond donors (Lipinski definition) is 2. The van der Waals surface area contributed by atoms with Crippen LogP contribution in [0, 0.1) is 5.92 Å². The third-order valence-corrected chi connectivity index (χ3v) is 4.16. The van der Waals surface area contributed by atoms with Gasteiger partial charge in [0.05, 0.1) is 13.5 Å². The molecule has 0 saturated heterocycles. The molecule has 23 heavy (non-hydrogen) atoms. The number of nitrogens with one attached hydrogen (secondary N) is 1. The van der Waals surface area contributed by atoms with Crippen molar-refractivity contribution in [3.63, 3.8) is 0 Å². The van der Waals surface area contributed by atoms with E-state index in [1.165, 1.54) is 26.4 Å². The van der Waals surface area contributed by atoms with Gasteiger partial charge in [-0.25, -0.2) is 4.79 Å². The summed E-state index contributed by atoms with van der Waals surface area (Å²) in [6.07, 6.45) is 6.38. The van der Waals surface area contributed by atoms with Gasteiger partial charge in [-0.3, -0.25) is 4.79 Å². The molecule has 0 aromatic heterocycles. The quantitative estimate of drug-likeness (QED) is 0.732. The largest absolute Gasteiger partial charge is 0.469 e. The Morgan fingerprint density at radius 1 is 1.22 bits per heavy atom. The summed E-state index contributed by atoms with van der Waals surface area (Å²) in [5.74, 6) is 0.171. The van der Waals surface area contributed by atoms with E-state index in [9.17, 15) is 9.59 Å². The zero-order valence-electron chi connectivity index (χ0n) is 14.9. The summed E-state index contributed by atoms with van der Waals surface area (Å²) in [4.78, 5) is 23.6. The van der Waals surface area contributed by atoms with Crippen molar-refractivity contribution in [3.05, 3.63) is 0 Å². The van der Waals surface area contributed by atoms with E-state index in [2.05, 4.69) is 10.1 Å². The molecule has 2 atom stereocenters. The van der Waals surface area contributed by atoms with Crippen LogP contribution in [0.15, 0.2) is 0 Å². The summed E-state index contributed by atoms with van der Waals surface area (Å²) < 4.78 is 10.0. The normalized spacial score (nSPS) is 18.8. The lowest BCUT2D eigenvalue weighted by Crippen LogP contribution is -2.50. The molecule has 6 nitrogen and oxygen atoms in total. The van der Waals surface area contributed by atoms with Gasteiger partial charge in [-0.15, -0.1) is 0 Å². The van der Waals surface area contributed by atoms with Crippen LogP contribution in [0.2, 0.25) is 0 Å². The lowest BCUT2D eigenvalue weighted by atomic mass is 9.83. The van der Waals surface area contributed by atoms with Crippen LogP contribution in [0.5, 0.6) is 0 Å². The van der Waals surface area contributed by atoms with E-state index in [0.29, 0.717) is 5.92 Å². The summed E-state index contributed by atoms with van der Waals surface area (Å²) in [6, 6.07) is -0.760. The Kier molecular flexibility index (Phi) is 7.82. The minimum Gasteiger partial charge on any atom is -0.469 e. The molecule has 0 unspecified atom stereocenters. The van der Waals surface area contributed by atoms with Crippen LogP contribution in [-0.4, -0.2) is 36.9 Å². The summed E-state index contributed by atoms with van der Waals surface area (Å²) >= 11 is 0. The summed E-state index contributed by atoms with van der Waals surface area (Å²) in [5, 5.41) is 2.86. The molecule has 1 amide bonds. The smallest absolute Gasteiger partial charge is 0.407 e. The van der Waals surface area contributed by atoms with Gasteiger partial charge in [0, 0.05) is 12.1 Å². The zero-order chi connectivity index (χ0) is 17.5. The number of carbonyl (C=O) groups is 2. The average molecular weight is 328 g/mol. The summed E-state index contributed by atoms with van der Waals surface area (Å²) in [5.41, 5.74) is 5.59. The van der Waals surface area contributed by atoms with Gasteiger partial charge in [0.25, 0.3) is 0 Å². The van der Waals surface area contributed by atoms with Crippen LogP contribution in [0.25, 0.3) is 0 Å². The Hall–Kier alpha value is -1.30. The Morgan fingerprint density at radius 3 is 2.35 bits per heavy atom. The first-order valence-electron chi connectivity index (χ1n) is 8.53. The number of rotatable bonds is 6. The van der Waals surface area contributed by atoms with Crippen LogP contribution in [0.4, 0.5) is 4.79 Å². The van der Waals surface area contributed by atoms with Gasteiger partial charge in [0.2, 0.25) is 0 Å². The maximum Gasteiger partial charge on any atom is 0.407 e. The van der Waals surface area contributed by atoms with Crippen molar-refractivity contribution in [1.82, 2.24) is 5.32 Å². The van der Waals surface area contributed by atoms with Crippen molar-refractivity contribution >= 4 is 12.1 Å². The van der Waals surface area contributed by atoms with Gasteiger partial charge in [-0.1, -0.05) is 32.1 Å². The van der Waals surface area contributed by atoms with E-state index in [0.717, 1.165) is 19.3 Å². The zero-order valence-corrected chi connectivity index (χ0v) is 14.9. The van der Waals surface area contributed by atoms with Crippen LogP contribution in [0.3, 0.4) is 0 Å². The van der Waals surface area contributed by atoms with Gasteiger partial charge in [-0.2, -0.15) is 0 Å². The second-order valence-electron chi connectivity index (χ2n) is 7.44. The number of esters is 1. The fourth-order valence-electron chi connectivity index (χ4n) is 3.00. The van der Waals surface area contributed by atoms with E-state index in [1.807, 2.05) is 20.8 Å². The Bertz CT molecular complexity index is 387. The first kappa shape index (κ1) is 19.7. The number of nitrogens with two attached hydrogens (primary N) is 1. The van der Waals surface area contributed by atoms with Crippen LogP contribution >= 0.6 is 0 Å². The van der Waals surface area contributed by atoms with Gasteiger partial charge in [-0.05, 0) is 33.1 Å². The second-order valence-corrected chi connectivity index (χ2v) is 7.44. The molecular weight excluding hydrogens is 296 g/mol. The van der Waals surface area contributed by atoms with Crippen LogP contribution < -0.4 is 11.1 Å². The molecule has 0 aromatic carbocycles. The fourth-order valence-corrected chi connectivity index (χ4v) is 3.00. The molecule has 0 radical (unpaired) electrons. The number of methoxy groups -OCH3 is 1. The average Bonchev–Trinajstić information content (AvgIpc) is 2.45. The van der Waals surface area contributed by atoms with Gasteiger partial charge in [0.1, 0.15) is 5.60 Å². The monoisotopic (exact) mass is 328 g/mol. The topological polar surface area (TPSA) is 90.6 Å². The third kappa shape index (κ3) is 8.21. The molecule has 134 valence electrons. The van der Waals surface area contributed by atoms with Crippen molar-refractivity contribution < 1.29 is 19.1 Å². The van der Waals surface area contributed by atoms with E-state index in [-0.39, 0.29) is 18.4 Å². The van der Waals surface area contributed by atoms with Crippen LogP contribution in [-0.2, 0) is 14.3 Å². The standard InChI is InChI=1S/C17H32N2O4/c1-17(2,3)23-16(21)19-14(13(18)11-15(20)22-4)10-12-8-6-5-7-9-12/h12-14H,5-11,18H2,1-4H3,(H,19,21)/t13-,14+/m1/s1. The highest BCUT2D eigenvalue weighted by Gasteiger charge is 2.28. The van der Waals surface area contributed by atoms with Crippen molar-refractivity contribution in [2.45, 2.75) is 83.4 Å². The number of alkyl carbamates (subject to hydrolysis) is 1. The van der Waals surface area contributed by atoms with Crippen LogP contribution in [0.1, 0.15) is 65.7 Å². The van der Waals surface area contributed by atoms with E-state index >= 15 is 0 Å². The predicted molar refractivity (Wildman–Crippen MR) is 89.0 cm³/mol. The minimum absolute atomic E-state index is 0.0870. The molecule has 0 bridgehead atoms. The number of hydrogen-bond acceptors (Lipinski definition) is 5. The van der Waals surface area contributed by atoms with E-state index < -0.39 is 17.7 Å². The molecule has 0 aromatic rings. The highest BCUT2D eigenvalue weighted by Crippen LogP contribution is 2.28. The second kappa shape index (κ2) is 9.11. The molecule has 1 aliphatic rings. The van der Waals surface area contributed by atoms with E-state index in [1.54, 1.807) is 0 Å². The molecule has 1 saturated carbocycles. The van der Waals surface area contributed by atoms with Crippen molar-refractivity contribution in [3.8, 4) is 0 Å². The van der Waals surface area contributed by atoms with Gasteiger partial charge in [0.15, 0.2) is 0 Å². The predicted octanol–water partition coefficient (Wildman–Crippen LogP) is 2.74. The summed E-state index contributed by atoms with van der Waals surface area (Å²) in [6.45, 7) is 5.45. The third-order valence-electron chi connectivity index (χ3n) is 4.16. The minimum atomic E-state index is -0.564. The lowest BCUT2D eigenvalue weighted by molar-refractivity contribution is -0.141. The summed E-state index contributed by atoms with van der Waals surface area (Å²) in [7, 11) is 1.34. The van der Waals surface area contributed by atoms with Gasteiger partial charge >= 0.3 is 12.1 Å². The first-order chi connectivity index (χ1) is 10.7. The maximum absolute atomic E-state index is 12.1. The molecule has 0 heterocycles. The molecular formula is C17H32N2O4. The molecule has 0 spiro atoms. The number of ether oxygens (including phenoxy) is 2. The Labute approximate surface area is 139 Å². The van der Waals surface area contributed by atoms with Crippen molar-refractivity contribution in [2.24, 2.45) is 11.7 Å². The molecule has 1 rings (SSSR count). The molecule has 1 fully saturated rings. The molecule has 1 aliphatic carbocycles. The highest BCUT2D eigenvalue weighted by molar-refractivity contribution is 5.71.